The van der Waals surface area contributed by atoms with E-state index in [-0.39, 0.29) is 10.9 Å². The molecule has 0 heterocycles. The van der Waals surface area contributed by atoms with Crippen molar-refractivity contribution < 1.29 is 8.42 Å². The number of benzene rings is 1. The Labute approximate surface area is 109 Å². The van der Waals surface area contributed by atoms with E-state index in [1.807, 2.05) is 0 Å². The number of anilines is 1. The number of hydrogen-bond donors (Lipinski definition) is 2. The van der Waals surface area contributed by atoms with Crippen LogP contribution in [-0.4, -0.2) is 14.5 Å². The molecule has 0 aliphatic heterocycles. The van der Waals surface area contributed by atoms with Crippen molar-refractivity contribution in [2.24, 2.45) is 5.92 Å². The van der Waals surface area contributed by atoms with Gasteiger partial charge in [0.05, 0.1) is 5.69 Å². The highest BCUT2D eigenvalue weighted by Gasteiger charge is 2.29. The Hall–Kier alpha value is -1.07. The molecule has 0 spiro atoms. The Kier molecular flexibility index (Phi) is 3.64. The molecule has 0 bridgehead atoms. The molecule has 3 N–H and O–H groups in total. The molecule has 1 fully saturated rings. The standard InChI is InChI=1S/C13H20N2O2S/c1-9-5-4-8-12(9)15-18(16,17)13-10(2)6-3-7-11(13)14/h3,6-7,9,12,15H,4-5,8,14H2,1-2H3. The number of sulfonamides is 1. The largest absolute Gasteiger partial charge is 0.398 e. The molecule has 1 aromatic rings. The van der Waals surface area contributed by atoms with Crippen LogP contribution in [0.3, 0.4) is 0 Å². The Morgan fingerprint density at radius 1 is 1.33 bits per heavy atom. The van der Waals surface area contributed by atoms with Gasteiger partial charge >= 0.3 is 0 Å². The SMILES string of the molecule is Cc1cccc(N)c1S(=O)(=O)NC1CCCC1C. The van der Waals surface area contributed by atoms with Crippen LogP contribution in [0.1, 0.15) is 31.7 Å². The van der Waals surface area contributed by atoms with E-state index >= 15 is 0 Å². The summed E-state index contributed by atoms with van der Waals surface area (Å²) < 4.78 is 27.6. The molecule has 1 saturated carbocycles. The van der Waals surface area contributed by atoms with E-state index < -0.39 is 10.0 Å². The second-order valence-corrected chi connectivity index (χ2v) is 6.78. The molecule has 0 aromatic heterocycles. The lowest BCUT2D eigenvalue weighted by molar-refractivity contribution is 0.476. The lowest BCUT2D eigenvalue weighted by Gasteiger charge is -2.19. The molecule has 0 saturated heterocycles. The second-order valence-electron chi connectivity index (χ2n) is 5.13. The third-order valence-electron chi connectivity index (χ3n) is 3.68. The normalized spacial score (nSPS) is 24.3. The molecule has 4 nitrogen and oxygen atoms in total. The van der Waals surface area contributed by atoms with E-state index in [9.17, 15) is 8.42 Å². The maximum atomic E-state index is 12.4. The Balaban J connectivity index is 2.31. The Bertz CT molecular complexity index is 520. The molecular weight excluding hydrogens is 248 g/mol. The molecular formula is C13H20N2O2S. The van der Waals surface area contributed by atoms with E-state index in [1.165, 1.54) is 0 Å². The summed E-state index contributed by atoms with van der Waals surface area (Å²) in [5.41, 5.74) is 6.80. The molecule has 1 aliphatic rings. The molecule has 0 radical (unpaired) electrons. The van der Waals surface area contributed by atoms with Gasteiger partial charge in [-0.1, -0.05) is 25.5 Å². The molecule has 18 heavy (non-hydrogen) atoms. The average Bonchev–Trinajstić information content (AvgIpc) is 2.63. The van der Waals surface area contributed by atoms with E-state index in [2.05, 4.69) is 11.6 Å². The van der Waals surface area contributed by atoms with Crippen molar-refractivity contribution in [2.45, 2.75) is 44.0 Å². The number of aryl methyl sites for hydroxylation is 1. The summed E-state index contributed by atoms with van der Waals surface area (Å²) in [6.07, 6.45) is 3.07. The fourth-order valence-electron chi connectivity index (χ4n) is 2.62. The van der Waals surface area contributed by atoms with Gasteiger partial charge in [-0.3, -0.25) is 0 Å². The molecule has 5 heteroatoms. The van der Waals surface area contributed by atoms with Crippen molar-refractivity contribution in [3.8, 4) is 0 Å². The summed E-state index contributed by atoms with van der Waals surface area (Å²) in [7, 11) is -3.51. The zero-order chi connectivity index (χ0) is 13.3. The topological polar surface area (TPSA) is 72.2 Å². The summed E-state index contributed by atoms with van der Waals surface area (Å²) in [5.74, 6) is 0.394. The van der Waals surface area contributed by atoms with Crippen LogP contribution >= 0.6 is 0 Å². The van der Waals surface area contributed by atoms with Crippen LogP contribution in [0.25, 0.3) is 0 Å². The maximum Gasteiger partial charge on any atom is 0.243 e. The van der Waals surface area contributed by atoms with Gasteiger partial charge in [0, 0.05) is 6.04 Å². The van der Waals surface area contributed by atoms with E-state index in [0.29, 0.717) is 17.2 Å². The van der Waals surface area contributed by atoms with Crippen molar-refractivity contribution in [3.05, 3.63) is 23.8 Å². The number of nitrogens with one attached hydrogen (secondary N) is 1. The minimum Gasteiger partial charge on any atom is -0.398 e. The first-order chi connectivity index (χ1) is 8.42. The molecule has 2 atom stereocenters. The van der Waals surface area contributed by atoms with Crippen LogP contribution in [0.15, 0.2) is 23.1 Å². The van der Waals surface area contributed by atoms with Crippen LogP contribution in [0, 0.1) is 12.8 Å². The fraction of sp³-hybridized carbons (Fsp3) is 0.538. The van der Waals surface area contributed by atoms with Crippen LogP contribution < -0.4 is 10.5 Å². The minimum absolute atomic E-state index is 0.0361. The molecule has 100 valence electrons. The van der Waals surface area contributed by atoms with Gasteiger partial charge in [0.15, 0.2) is 0 Å². The first kappa shape index (κ1) is 13.4. The zero-order valence-corrected chi connectivity index (χ0v) is 11.6. The van der Waals surface area contributed by atoms with Crippen LogP contribution in [0.2, 0.25) is 0 Å². The average molecular weight is 268 g/mol. The second kappa shape index (κ2) is 4.90. The third-order valence-corrected chi connectivity index (χ3v) is 5.39. The monoisotopic (exact) mass is 268 g/mol. The number of nitrogens with two attached hydrogens (primary N) is 1. The first-order valence-electron chi connectivity index (χ1n) is 6.29. The van der Waals surface area contributed by atoms with Gasteiger partial charge in [0.25, 0.3) is 0 Å². The summed E-state index contributed by atoms with van der Waals surface area (Å²) >= 11 is 0. The zero-order valence-electron chi connectivity index (χ0n) is 10.8. The highest BCUT2D eigenvalue weighted by molar-refractivity contribution is 7.89. The van der Waals surface area contributed by atoms with E-state index in [1.54, 1.807) is 25.1 Å². The smallest absolute Gasteiger partial charge is 0.243 e. The molecule has 2 unspecified atom stereocenters. The summed E-state index contributed by atoms with van der Waals surface area (Å²) in [5, 5.41) is 0. The van der Waals surface area contributed by atoms with Crippen molar-refractivity contribution in [2.75, 3.05) is 5.73 Å². The van der Waals surface area contributed by atoms with Crippen molar-refractivity contribution in [3.63, 3.8) is 0 Å². The maximum absolute atomic E-state index is 12.4. The predicted octanol–water partition coefficient (Wildman–Crippen LogP) is 2.04. The van der Waals surface area contributed by atoms with Gasteiger partial charge < -0.3 is 5.73 Å². The summed E-state index contributed by atoms with van der Waals surface area (Å²) in [4.78, 5) is 0.226. The fourth-order valence-corrected chi connectivity index (χ4v) is 4.36. The van der Waals surface area contributed by atoms with Gasteiger partial charge in [-0.05, 0) is 37.3 Å². The van der Waals surface area contributed by atoms with Crippen LogP contribution in [-0.2, 0) is 10.0 Å². The van der Waals surface area contributed by atoms with Gasteiger partial charge in [0.2, 0.25) is 10.0 Å². The molecule has 2 rings (SSSR count). The number of nitrogen functional groups attached to an aromatic ring is 1. The molecule has 1 aliphatic carbocycles. The van der Waals surface area contributed by atoms with E-state index in [0.717, 1.165) is 19.3 Å². The van der Waals surface area contributed by atoms with Gasteiger partial charge in [-0.25, -0.2) is 13.1 Å². The lowest BCUT2D eigenvalue weighted by Crippen LogP contribution is -2.37. The van der Waals surface area contributed by atoms with Crippen molar-refractivity contribution in [1.29, 1.82) is 0 Å². The Morgan fingerprint density at radius 3 is 2.61 bits per heavy atom. The van der Waals surface area contributed by atoms with Crippen LogP contribution in [0.5, 0.6) is 0 Å². The van der Waals surface area contributed by atoms with Gasteiger partial charge in [-0.2, -0.15) is 0 Å². The van der Waals surface area contributed by atoms with E-state index in [4.69, 9.17) is 5.73 Å². The highest BCUT2D eigenvalue weighted by Crippen LogP contribution is 2.28. The molecule has 0 amide bonds. The van der Waals surface area contributed by atoms with Gasteiger partial charge in [0.1, 0.15) is 4.90 Å². The quantitative estimate of drug-likeness (QED) is 0.824. The number of hydrogen-bond acceptors (Lipinski definition) is 3. The van der Waals surface area contributed by atoms with Crippen molar-refractivity contribution >= 4 is 15.7 Å². The number of rotatable bonds is 3. The van der Waals surface area contributed by atoms with Crippen LogP contribution in [0.4, 0.5) is 5.69 Å². The summed E-state index contributed by atoms with van der Waals surface area (Å²) in [6.45, 7) is 3.85. The summed E-state index contributed by atoms with van der Waals surface area (Å²) in [6, 6.07) is 5.19. The van der Waals surface area contributed by atoms with Gasteiger partial charge in [-0.15, -0.1) is 0 Å². The predicted molar refractivity (Wildman–Crippen MR) is 72.7 cm³/mol. The third kappa shape index (κ3) is 2.52. The first-order valence-corrected chi connectivity index (χ1v) is 7.77. The van der Waals surface area contributed by atoms with Crippen molar-refractivity contribution in [1.82, 2.24) is 4.72 Å². The molecule has 1 aromatic carbocycles. The Morgan fingerprint density at radius 2 is 2.06 bits per heavy atom. The highest BCUT2D eigenvalue weighted by atomic mass is 32.2. The lowest BCUT2D eigenvalue weighted by atomic mass is 10.1. The minimum atomic E-state index is -3.51.